The van der Waals surface area contributed by atoms with Gasteiger partial charge >= 0.3 is 6.36 Å². The normalized spacial score (nSPS) is 21.3. The molecular formula is C22H24F3NO2S. The second kappa shape index (κ2) is 8.48. The molecule has 1 heterocycles. The summed E-state index contributed by atoms with van der Waals surface area (Å²) in [6.45, 7) is 2.29. The van der Waals surface area contributed by atoms with Crippen molar-refractivity contribution in [2.75, 3.05) is 13.1 Å². The molecule has 2 aromatic rings. The van der Waals surface area contributed by atoms with Gasteiger partial charge in [0.05, 0.1) is 0 Å². The SMILES string of the molecule is FC(F)(F)Oc1ccc(Oc2ccc(SC3CCC4(CCNCC4)C3)cc2)cc1. The Labute approximate surface area is 173 Å². The van der Waals surface area contributed by atoms with Crippen LogP contribution in [-0.2, 0) is 0 Å². The van der Waals surface area contributed by atoms with Crippen molar-refractivity contribution in [3.63, 3.8) is 0 Å². The quantitative estimate of drug-likeness (QED) is 0.603. The van der Waals surface area contributed by atoms with Gasteiger partial charge in [-0.2, -0.15) is 0 Å². The number of ether oxygens (including phenoxy) is 2. The Hall–Kier alpha value is -1.86. The molecule has 0 radical (unpaired) electrons. The van der Waals surface area contributed by atoms with E-state index in [0.717, 1.165) is 13.1 Å². The molecule has 1 unspecified atom stereocenters. The van der Waals surface area contributed by atoms with E-state index in [0.29, 0.717) is 22.2 Å². The highest BCUT2D eigenvalue weighted by Gasteiger charge is 2.39. The standard InChI is InChI=1S/C22H24F3NO2S/c23-22(24,25)28-18-3-1-16(2-4-18)27-17-5-7-19(8-6-17)29-20-9-10-21(15-20)11-13-26-14-12-21/h1-8,20,26H,9-15H2. The first-order valence-corrected chi connectivity index (χ1v) is 10.8. The lowest BCUT2D eigenvalue weighted by Gasteiger charge is -2.34. The van der Waals surface area contributed by atoms with Crippen molar-refractivity contribution in [1.82, 2.24) is 5.32 Å². The molecule has 2 fully saturated rings. The Bertz CT molecular complexity index is 802. The predicted octanol–water partition coefficient (Wildman–Crippen LogP) is 6.39. The van der Waals surface area contributed by atoms with Gasteiger partial charge in [0.25, 0.3) is 0 Å². The third-order valence-electron chi connectivity index (χ3n) is 5.74. The predicted molar refractivity (Wildman–Crippen MR) is 108 cm³/mol. The monoisotopic (exact) mass is 423 g/mol. The highest BCUT2D eigenvalue weighted by atomic mass is 32.2. The van der Waals surface area contributed by atoms with Crippen LogP contribution in [0.25, 0.3) is 0 Å². The second-order valence-electron chi connectivity index (χ2n) is 7.83. The van der Waals surface area contributed by atoms with E-state index in [9.17, 15) is 13.2 Å². The second-order valence-corrected chi connectivity index (χ2v) is 9.20. The number of benzene rings is 2. The fraction of sp³-hybridized carbons (Fsp3) is 0.455. The Morgan fingerprint density at radius 3 is 2.07 bits per heavy atom. The van der Waals surface area contributed by atoms with Crippen LogP contribution in [0.2, 0.25) is 0 Å². The van der Waals surface area contributed by atoms with Gasteiger partial charge in [-0.1, -0.05) is 0 Å². The van der Waals surface area contributed by atoms with E-state index in [4.69, 9.17) is 4.74 Å². The number of nitrogens with one attached hydrogen (secondary N) is 1. The molecule has 7 heteroatoms. The maximum Gasteiger partial charge on any atom is 0.573 e. The third kappa shape index (κ3) is 5.60. The number of hydrogen-bond donors (Lipinski definition) is 1. The molecule has 1 aliphatic heterocycles. The lowest BCUT2D eigenvalue weighted by Crippen LogP contribution is -2.35. The van der Waals surface area contributed by atoms with Crippen molar-refractivity contribution in [2.45, 2.75) is 48.6 Å². The molecule has 3 nitrogen and oxygen atoms in total. The lowest BCUT2D eigenvalue weighted by molar-refractivity contribution is -0.274. The molecule has 0 aromatic heterocycles. The van der Waals surface area contributed by atoms with Crippen LogP contribution in [0.15, 0.2) is 53.4 Å². The Balaban J connectivity index is 1.30. The van der Waals surface area contributed by atoms with E-state index in [1.54, 1.807) is 0 Å². The largest absolute Gasteiger partial charge is 0.573 e. The van der Waals surface area contributed by atoms with Crippen LogP contribution in [0, 0.1) is 5.41 Å². The smallest absolute Gasteiger partial charge is 0.457 e. The Kier molecular flexibility index (Phi) is 5.97. The first kappa shape index (κ1) is 20.4. The first-order valence-electron chi connectivity index (χ1n) is 9.90. The minimum absolute atomic E-state index is 0.264. The van der Waals surface area contributed by atoms with Crippen LogP contribution in [0.5, 0.6) is 17.2 Å². The molecule has 1 aliphatic carbocycles. The minimum Gasteiger partial charge on any atom is -0.457 e. The van der Waals surface area contributed by atoms with E-state index in [-0.39, 0.29) is 5.75 Å². The summed E-state index contributed by atoms with van der Waals surface area (Å²) in [5.74, 6) is 0.850. The van der Waals surface area contributed by atoms with Crippen LogP contribution >= 0.6 is 11.8 Å². The molecule has 1 saturated heterocycles. The van der Waals surface area contributed by atoms with Gasteiger partial charge < -0.3 is 14.8 Å². The van der Waals surface area contributed by atoms with Crippen LogP contribution in [0.1, 0.15) is 32.1 Å². The fourth-order valence-electron chi connectivity index (χ4n) is 4.29. The molecule has 1 atom stereocenters. The highest BCUT2D eigenvalue weighted by molar-refractivity contribution is 8.00. The van der Waals surface area contributed by atoms with E-state index >= 15 is 0 Å². The van der Waals surface area contributed by atoms with Gasteiger partial charge in [0, 0.05) is 10.1 Å². The average Bonchev–Trinajstić information content (AvgIpc) is 3.06. The van der Waals surface area contributed by atoms with Crippen LogP contribution in [0.3, 0.4) is 0 Å². The molecule has 156 valence electrons. The molecule has 1 saturated carbocycles. The maximum atomic E-state index is 12.2. The molecule has 4 rings (SSSR count). The van der Waals surface area contributed by atoms with E-state index in [2.05, 4.69) is 22.2 Å². The number of piperidine rings is 1. The summed E-state index contributed by atoms with van der Waals surface area (Å²) in [7, 11) is 0. The summed E-state index contributed by atoms with van der Waals surface area (Å²) in [6.07, 6.45) is 1.80. The zero-order valence-electron chi connectivity index (χ0n) is 16.0. The average molecular weight is 424 g/mol. The van der Waals surface area contributed by atoms with Gasteiger partial charge in [-0.05, 0) is 99.1 Å². The summed E-state index contributed by atoms with van der Waals surface area (Å²) >= 11 is 1.94. The Morgan fingerprint density at radius 1 is 0.862 bits per heavy atom. The van der Waals surface area contributed by atoms with Crippen molar-refractivity contribution < 1.29 is 22.6 Å². The summed E-state index contributed by atoms with van der Waals surface area (Å²) in [5, 5.41) is 4.13. The topological polar surface area (TPSA) is 30.5 Å². The van der Waals surface area contributed by atoms with Crippen molar-refractivity contribution in [3.8, 4) is 17.2 Å². The number of hydrogen-bond acceptors (Lipinski definition) is 4. The molecule has 1 spiro atoms. The molecular weight excluding hydrogens is 399 g/mol. The van der Waals surface area contributed by atoms with Gasteiger partial charge in [-0.15, -0.1) is 24.9 Å². The van der Waals surface area contributed by atoms with Crippen LogP contribution < -0.4 is 14.8 Å². The highest BCUT2D eigenvalue weighted by Crippen LogP contribution is 2.50. The maximum absolute atomic E-state index is 12.2. The Morgan fingerprint density at radius 2 is 1.45 bits per heavy atom. The third-order valence-corrected chi connectivity index (χ3v) is 7.02. The number of alkyl halides is 3. The zero-order chi connectivity index (χ0) is 20.3. The van der Waals surface area contributed by atoms with Crippen LogP contribution in [0.4, 0.5) is 13.2 Å². The first-order chi connectivity index (χ1) is 13.9. The van der Waals surface area contributed by atoms with Gasteiger partial charge in [0.1, 0.15) is 17.2 Å². The summed E-state index contributed by atoms with van der Waals surface area (Å²) in [4.78, 5) is 1.22. The summed E-state index contributed by atoms with van der Waals surface area (Å²) < 4.78 is 46.2. The molecule has 29 heavy (non-hydrogen) atoms. The van der Waals surface area contributed by atoms with Gasteiger partial charge in [-0.25, -0.2) is 0 Å². The minimum atomic E-state index is -4.69. The lowest BCUT2D eigenvalue weighted by atomic mass is 9.78. The molecule has 0 amide bonds. The van der Waals surface area contributed by atoms with E-state index < -0.39 is 6.36 Å². The van der Waals surface area contributed by atoms with Gasteiger partial charge in [0.2, 0.25) is 0 Å². The van der Waals surface area contributed by atoms with Crippen molar-refractivity contribution >= 4 is 11.8 Å². The number of rotatable bonds is 5. The number of thioether (sulfide) groups is 1. The van der Waals surface area contributed by atoms with Crippen molar-refractivity contribution in [1.29, 1.82) is 0 Å². The molecule has 0 bridgehead atoms. The summed E-state index contributed by atoms with van der Waals surface area (Å²) in [5.41, 5.74) is 0.550. The molecule has 1 N–H and O–H groups in total. The van der Waals surface area contributed by atoms with Gasteiger partial charge in [-0.3, -0.25) is 0 Å². The van der Waals surface area contributed by atoms with Crippen molar-refractivity contribution in [2.24, 2.45) is 5.41 Å². The number of halogens is 3. The van der Waals surface area contributed by atoms with Gasteiger partial charge in [0.15, 0.2) is 0 Å². The molecule has 2 aromatic carbocycles. The van der Waals surface area contributed by atoms with E-state index in [1.807, 2.05) is 23.9 Å². The van der Waals surface area contributed by atoms with Crippen molar-refractivity contribution in [3.05, 3.63) is 48.5 Å². The van der Waals surface area contributed by atoms with Crippen LogP contribution in [-0.4, -0.2) is 24.7 Å². The summed E-state index contributed by atoms with van der Waals surface area (Å²) in [6, 6.07) is 13.3. The molecule has 2 aliphatic rings. The fourth-order valence-corrected chi connectivity index (χ4v) is 5.64. The zero-order valence-corrected chi connectivity index (χ0v) is 16.8. The van der Waals surface area contributed by atoms with E-state index in [1.165, 1.54) is 61.3 Å².